The number of pyridine rings is 1. The van der Waals surface area contributed by atoms with Gasteiger partial charge < -0.3 is 5.11 Å². The number of benzene rings is 1. The predicted octanol–water partition coefficient (Wildman–Crippen LogP) is 4.34. The monoisotopic (exact) mass is 315 g/mol. The van der Waals surface area contributed by atoms with Gasteiger partial charge in [-0.3, -0.25) is 9.78 Å². The van der Waals surface area contributed by atoms with Gasteiger partial charge >= 0.3 is 5.97 Å². The summed E-state index contributed by atoms with van der Waals surface area (Å²) in [7, 11) is 0. The number of carbonyl (C=O) groups is 1. The van der Waals surface area contributed by atoms with E-state index in [2.05, 4.69) is 4.98 Å². The number of halogens is 3. The van der Waals surface area contributed by atoms with Crippen molar-refractivity contribution in [3.05, 3.63) is 51.1 Å². The molecule has 1 aromatic heterocycles. The second kappa shape index (κ2) is 5.78. The zero-order valence-corrected chi connectivity index (χ0v) is 11.8. The standard InChI is InChI=1S/C13H8Cl3NO2/c14-9-5-8(6-10(15)13(9)16)11-3-7(1-2-17-11)4-12(18)19/h1-3,5-6H,4H2,(H,18,19). The van der Waals surface area contributed by atoms with Crippen LogP contribution in [0.5, 0.6) is 0 Å². The van der Waals surface area contributed by atoms with Crippen LogP contribution in [0.3, 0.4) is 0 Å². The average molecular weight is 317 g/mol. The summed E-state index contributed by atoms with van der Waals surface area (Å²) in [6.07, 6.45) is 1.48. The molecule has 0 aliphatic rings. The molecule has 0 saturated heterocycles. The first-order valence-electron chi connectivity index (χ1n) is 5.29. The Hall–Kier alpha value is -1.29. The second-order valence-corrected chi connectivity index (χ2v) is 5.07. The van der Waals surface area contributed by atoms with E-state index in [9.17, 15) is 4.79 Å². The Bertz CT molecular complexity index is 621. The first-order chi connectivity index (χ1) is 8.97. The number of hydrogen-bond donors (Lipinski definition) is 1. The maximum absolute atomic E-state index is 10.7. The summed E-state index contributed by atoms with van der Waals surface area (Å²) in [5, 5.41) is 9.72. The van der Waals surface area contributed by atoms with Crippen LogP contribution in [0, 0.1) is 0 Å². The van der Waals surface area contributed by atoms with Crippen LogP contribution in [0.1, 0.15) is 5.56 Å². The Morgan fingerprint density at radius 1 is 1.16 bits per heavy atom. The normalized spacial score (nSPS) is 10.5. The zero-order valence-electron chi connectivity index (χ0n) is 9.53. The fourth-order valence-corrected chi connectivity index (χ4v) is 2.22. The van der Waals surface area contributed by atoms with E-state index in [4.69, 9.17) is 39.9 Å². The van der Waals surface area contributed by atoms with Gasteiger partial charge in [-0.1, -0.05) is 34.8 Å². The van der Waals surface area contributed by atoms with Crippen molar-refractivity contribution in [3.63, 3.8) is 0 Å². The Kier molecular flexibility index (Phi) is 4.30. The third-order valence-electron chi connectivity index (χ3n) is 2.46. The molecule has 1 aromatic carbocycles. The van der Waals surface area contributed by atoms with E-state index in [-0.39, 0.29) is 11.4 Å². The minimum absolute atomic E-state index is 0.0649. The molecule has 6 heteroatoms. The molecule has 0 radical (unpaired) electrons. The van der Waals surface area contributed by atoms with Gasteiger partial charge in [-0.25, -0.2) is 0 Å². The molecule has 1 N–H and O–H groups in total. The van der Waals surface area contributed by atoms with Gasteiger partial charge in [0.1, 0.15) is 0 Å². The molecular formula is C13H8Cl3NO2. The van der Waals surface area contributed by atoms with Crippen molar-refractivity contribution in [2.45, 2.75) is 6.42 Å². The Morgan fingerprint density at radius 2 is 1.79 bits per heavy atom. The van der Waals surface area contributed by atoms with Gasteiger partial charge in [-0.15, -0.1) is 0 Å². The van der Waals surface area contributed by atoms with Gasteiger partial charge in [0, 0.05) is 11.8 Å². The van der Waals surface area contributed by atoms with E-state index in [1.165, 1.54) is 0 Å². The fraction of sp³-hybridized carbons (Fsp3) is 0.0769. The third kappa shape index (κ3) is 3.38. The van der Waals surface area contributed by atoms with Crippen LogP contribution in [-0.4, -0.2) is 16.1 Å². The minimum Gasteiger partial charge on any atom is -0.481 e. The van der Waals surface area contributed by atoms with Crippen molar-refractivity contribution in [2.24, 2.45) is 0 Å². The van der Waals surface area contributed by atoms with Crippen molar-refractivity contribution in [1.82, 2.24) is 4.98 Å². The van der Waals surface area contributed by atoms with Crippen molar-refractivity contribution < 1.29 is 9.90 Å². The van der Waals surface area contributed by atoms with E-state index in [1.807, 2.05) is 0 Å². The molecule has 98 valence electrons. The van der Waals surface area contributed by atoms with Gasteiger partial charge in [-0.05, 0) is 29.8 Å². The van der Waals surface area contributed by atoms with Crippen molar-refractivity contribution >= 4 is 40.8 Å². The molecule has 1 heterocycles. The second-order valence-electron chi connectivity index (χ2n) is 3.87. The van der Waals surface area contributed by atoms with E-state index in [1.54, 1.807) is 30.5 Å². The quantitative estimate of drug-likeness (QED) is 0.857. The lowest BCUT2D eigenvalue weighted by molar-refractivity contribution is -0.136. The minimum atomic E-state index is -0.899. The lowest BCUT2D eigenvalue weighted by Gasteiger charge is -2.06. The van der Waals surface area contributed by atoms with E-state index in [0.717, 1.165) is 0 Å². The van der Waals surface area contributed by atoms with Crippen LogP contribution in [-0.2, 0) is 11.2 Å². The summed E-state index contributed by atoms with van der Waals surface area (Å²) in [5.74, 6) is -0.899. The lowest BCUT2D eigenvalue weighted by Crippen LogP contribution is -2.00. The molecule has 2 rings (SSSR count). The fourth-order valence-electron chi connectivity index (χ4n) is 1.62. The van der Waals surface area contributed by atoms with Gasteiger partial charge in [-0.2, -0.15) is 0 Å². The summed E-state index contributed by atoms with van der Waals surface area (Å²) in [6, 6.07) is 6.62. The molecule has 0 atom stereocenters. The SMILES string of the molecule is O=C(O)Cc1ccnc(-c2cc(Cl)c(Cl)c(Cl)c2)c1. The number of rotatable bonds is 3. The molecule has 0 aliphatic heterocycles. The number of carboxylic acids is 1. The van der Waals surface area contributed by atoms with Crippen LogP contribution in [0.15, 0.2) is 30.5 Å². The highest BCUT2D eigenvalue weighted by molar-refractivity contribution is 6.48. The summed E-state index contributed by atoms with van der Waals surface area (Å²) in [4.78, 5) is 14.9. The number of aliphatic carboxylic acids is 1. The van der Waals surface area contributed by atoms with Gasteiger partial charge in [0.2, 0.25) is 0 Å². The number of carboxylic acid groups (broad SMARTS) is 1. The maximum Gasteiger partial charge on any atom is 0.307 e. The molecular weight excluding hydrogens is 309 g/mol. The maximum atomic E-state index is 10.7. The zero-order chi connectivity index (χ0) is 14.0. The molecule has 0 unspecified atom stereocenters. The van der Waals surface area contributed by atoms with Crippen LogP contribution < -0.4 is 0 Å². The highest BCUT2D eigenvalue weighted by Gasteiger charge is 2.09. The molecule has 0 spiro atoms. The first kappa shape index (κ1) is 14.1. The molecule has 0 aliphatic carbocycles. The Balaban J connectivity index is 2.44. The largest absolute Gasteiger partial charge is 0.481 e. The number of aromatic nitrogens is 1. The topological polar surface area (TPSA) is 50.2 Å². The summed E-state index contributed by atoms with van der Waals surface area (Å²) in [6.45, 7) is 0. The van der Waals surface area contributed by atoms with E-state index < -0.39 is 5.97 Å². The van der Waals surface area contributed by atoms with Crippen LogP contribution in [0.2, 0.25) is 15.1 Å². The van der Waals surface area contributed by atoms with Crippen molar-refractivity contribution in [1.29, 1.82) is 0 Å². The van der Waals surface area contributed by atoms with Crippen molar-refractivity contribution in [3.8, 4) is 11.3 Å². The van der Waals surface area contributed by atoms with E-state index in [0.29, 0.717) is 26.9 Å². The molecule has 0 fully saturated rings. The Labute approximate surface area is 124 Å². The molecule has 0 amide bonds. The first-order valence-corrected chi connectivity index (χ1v) is 6.42. The number of nitrogens with zero attached hydrogens (tertiary/aromatic N) is 1. The summed E-state index contributed by atoms with van der Waals surface area (Å²) >= 11 is 17.8. The molecule has 19 heavy (non-hydrogen) atoms. The summed E-state index contributed by atoms with van der Waals surface area (Å²) < 4.78 is 0. The molecule has 2 aromatic rings. The highest BCUT2D eigenvalue weighted by Crippen LogP contribution is 2.34. The van der Waals surface area contributed by atoms with Crippen LogP contribution in [0.25, 0.3) is 11.3 Å². The summed E-state index contributed by atoms with van der Waals surface area (Å²) in [5.41, 5.74) is 1.94. The Morgan fingerprint density at radius 3 is 2.37 bits per heavy atom. The van der Waals surface area contributed by atoms with Gasteiger partial charge in [0.15, 0.2) is 0 Å². The molecule has 0 bridgehead atoms. The average Bonchev–Trinajstić information content (AvgIpc) is 2.35. The van der Waals surface area contributed by atoms with Gasteiger partial charge in [0.05, 0.1) is 27.2 Å². The molecule has 3 nitrogen and oxygen atoms in total. The lowest BCUT2D eigenvalue weighted by atomic mass is 10.1. The van der Waals surface area contributed by atoms with Crippen LogP contribution >= 0.6 is 34.8 Å². The van der Waals surface area contributed by atoms with E-state index >= 15 is 0 Å². The van der Waals surface area contributed by atoms with Crippen LogP contribution in [0.4, 0.5) is 0 Å². The van der Waals surface area contributed by atoms with Gasteiger partial charge in [0.25, 0.3) is 0 Å². The van der Waals surface area contributed by atoms with Crippen molar-refractivity contribution in [2.75, 3.05) is 0 Å². The smallest absolute Gasteiger partial charge is 0.307 e. The highest BCUT2D eigenvalue weighted by atomic mass is 35.5. The predicted molar refractivity (Wildman–Crippen MR) is 76.0 cm³/mol. The third-order valence-corrected chi connectivity index (χ3v) is 3.66. The molecule has 0 saturated carbocycles. The number of hydrogen-bond acceptors (Lipinski definition) is 2.